The first-order valence-corrected chi connectivity index (χ1v) is 9.92. The number of carbonyl (C=O) groups is 2. The lowest BCUT2D eigenvalue weighted by atomic mass is 9.78. The highest BCUT2D eigenvalue weighted by Gasteiger charge is 2.43. The van der Waals surface area contributed by atoms with Crippen molar-refractivity contribution in [2.24, 2.45) is 0 Å². The van der Waals surface area contributed by atoms with Crippen molar-refractivity contribution >= 4 is 12.0 Å². The third kappa shape index (κ3) is 4.62. The van der Waals surface area contributed by atoms with Crippen LogP contribution in [-0.4, -0.2) is 39.7 Å². The Kier molecular flexibility index (Phi) is 5.66. The molecule has 1 aromatic carbocycles. The Labute approximate surface area is 173 Å². The van der Waals surface area contributed by atoms with Gasteiger partial charge in [-0.05, 0) is 70.2 Å². The minimum absolute atomic E-state index is 0.0177. The molecule has 3 rings (SSSR count). The molecule has 1 saturated carbocycles. The monoisotopic (exact) mass is 428 g/mol. The van der Waals surface area contributed by atoms with E-state index in [2.05, 4.69) is 5.32 Å². The Morgan fingerprint density at radius 1 is 1.30 bits per heavy atom. The SMILES string of the molecule is CC1(NCC(O)c2cc3c(c(C(F)(F)F)c2)CN(C(=O)OC(C)(C)C)C3=O)CCC1. The van der Waals surface area contributed by atoms with E-state index >= 15 is 0 Å². The van der Waals surface area contributed by atoms with E-state index in [0.29, 0.717) is 4.90 Å². The first-order chi connectivity index (χ1) is 13.7. The average molecular weight is 428 g/mol. The Morgan fingerprint density at radius 3 is 2.43 bits per heavy atom. The number of rotatable bonds is 4. The summed E-state index contributed by atoms with van der Waals surface area (Å²) in [5.74, 6) is -0.863. The number of hydrogen-bond acceptors (Lipinski definition) is 5. The van der Waals surface area contributed by atoms with Crippen LogP contribution in [-0.2, 0) is 17.5 Å². The van der Waals surface area contributed by atoms with Gasteiger partial charge in [0.2, 0.25) is 0 Å². The Morgan fingerprint density at radius 2 is 1.93 bits per heavy atom. The number of aliphatic hydroxyl groups is 1. The minimum Gasteiger partial charge on any atom is -0.443 e. The predicted octanol–water partition coefficient (Wildman–Crippen LogP) is 4.16. The van der Waals surface area contributed by atoms with Crippen molar-refractivity contribution in [3.63, 3.8) is 0 Å². The maximum Gasteiger partial charge on any atom is 0.417 e. The second kappa shape index (κ2) is 7.53. The molecule has 0 aromatic heterocycles. The highest BCUT2D eigenvalue weighted by Crippen LogP contribution is 2.40. The number of benzene rings is 1. The number of imide groups is 1. The number of nitrogens with zero attached hydrogens (tertiary/aromatic N) is 1. The van der Waals surface area contributed by atoms with Crippen molar-refractivity contribution in [3.05, 3.63) is 34.4 Å². The number of hydrogen-bond donors (Lipinski definition) is 2. The van der Waals surface area contributed by atoms with Crippen molar-refractivity contribution in [1.82, 2.24) is 10.2 Å². The molecule has 2 N–H and O–H groups in total. The van der Waals surface area contributed by atoms with Gasteiger partial charge in [0.25, 0.3) is 5.91 Å². The molecule has 6 nitrogen and oxygen atoms in total. The number of β-amino-alcohol motifs (C(OH)–C–C–N with tert-alkyl or cyclic N) is 1. The molecule has 1 aromatic rings. The van der Waals surface area contributed by atoms with Gasteiger partial charge >= 0.3 is 12.3 Å². The molecule has 1 atom stereocenters. The lowest BCUT2D eigenvalue weighted by molar-refractivity contribution is -0.138. The zero-order valence-electron chi connectivity index (χ0n) is 17.5. The van der Waals surface area contributed by atoms with Gasteiger partial charge in [-0.1, -0.05) is 0 Å². The summed E-state index contributed by atoms with van der Waals surface area (Å²) in [5, 5.41) is 13.7. The molecular formula is C21H27F3N2O4. The van der Waals surface area contributed by atoms with E-state index < -0.39 is 42.0 Å². The molecule has 1 fully saturated rings. The van der Waals surface area contributed by atoms with Crippen LogP contribution >= 0.6 is 0 Å². The van der Waals surface area contributed by atoms with E-state index in [9.17, 15) is 27.9 Å². The zero-order chi connectivity index (χ0) is 22.5. The summed E-state index contributed by atoms with van der Waals surface area (Å²) < 4.78 is 46.3. The van der Waals surface area contributed by atoms with Gasteiger partial charge < -0.3 is 15.2 Å². The van der Waals surface area contributed by atoms with Gasteiger partial charge in [-0.3, -0.25) is 4.79 Å². The van der Waals surface area contributed by atoms with Crippen LogP contribution in [0.2, 0.25) is 0 Å². The van der Waals surface area contributed by atoms with Crippen molar-refractivity contribution in [3.8, 4) is 0 Å². The number of aliphatic hydroxyl groups excluding tert-OH is 1. The lowest BCUT2D eigenvalue weighted by Crippen LogP contribution is -2.49. The van der Waals surface area contributed by atoms with E-state index in [1.54, 1.807) is 20.8 Å². The second-order valence-corrected chi connectivity index (χ2v) is 9.27. The Hall–Kier alpha value is -2.13. The maximum atomic E-state index is 13.7. The van der Waals surface area contributed by atoms with Crippen molar-refractivity contribution in [2.45, 2.75) is 76.9 Å². The largest absolute Gasteiger partial charge is 0.443 e. The summed E-state index contributed by atoms with van der Waals surface area (Å²) in [6.45, 7) is 6.34. The summed E-state index contributed by atoms with van der Waals surface area (Å²) in [4.78, 5) is 25.7. The van der Waals surface area contributed by atoms with Crippen molar-refractivity contribution < 1.29 is 32.6 Å². The molecule has 0 saturated heterocycles. The van der Waals surface area contributed by atoms with Gasteiger partial charge in [0.05, 0.1) is 18.2 Å². The molecular weight excluding hydrogens is 401 g/mol. The molecule has 0 radical (unpaired) electrons. The van der Waals surface area contributed by atoms with Crippen LogP contribution in [0.4, 0.5) is 18.0 Å². The van der Waals surface area contributed by atoms with E-state index in [-0.39, 0.29) is 28.8 Å². The van der Waals surface area contributed by atoms with Crippen LogP contribution in [0.5, 0.6) is 0 Å². The van der Waals surface area contributed by atoms with Crippen molar-refractivity contribution in [1.29, 1.82) is 0 Å². The summed E-state index contributed by atoms with van der Waals surface area (Å²) >= 11 is 0. The van der Waals surface area contributed by atoms with Gasteiger partial charge in [0.1, 0.15) is 5.60 Å². The number of fused-ring (bicyclic) bond motifs is 1. The highest BCUT2D eigenvalue weighted by molar-refractivity contribution is 6.06. The van der Waals surface area contributed by atoms with E-state index in [0.717, 1.165) is 25.3 Å². The van der Waals surface area contributed by atoms with Gasteiger partial charge in [0, 0.05) is 17.6 Å². The smallest absolute Gasteiger partial charge is 0.417 e. The maximum absolute atomic E-state index is 13.7. The van der Waals surface area contributed by atoms with Gasteiger partial charge in [-0.15, -0.1) is 0 Å². The third-order valence-electron chi connectivity index (χ3n) is 5.55. The van der Waals surface area contributed by atoms with Crippen LogP contribution < -0.4 is 5.32 Å². The number of nitrogens with one attached hydrogen (secondary N) is 1. The molecule has 2 amide bonds. The van der Waals surface area contributed by atoms with Crippen LogP contribution in [0.1, 0.15) is 80.1 Å². The fourth-order valence-corrected chi connectivity index (χ4v) is 3.69. The first-order valence-electron chi connectivity index (χ1n) is 9.92. The molecule has 30 heavy (non-hydrogen) atoms. The molecule has 0 bridgehead atoms. The lowest BCUT2D eigenvalue weighted by Gasteiger charge is -2.40. The molecule has 1 aliphatic heterocycles. The van der Waals surface area contributed by atoms with Crippen LogP contribution in [0.15, 0.2) is 12.1 Å². The molecule has 1 aliphatic carbocycles. The molecule has 2 aliphatic rings. The van der Waals surface area contributed by atoms with E-state index in [4.69, 9.17) is 4.74 Å². The number of halogens is 3. The standard InChI is InChI=1S/C21H27F3N2O4/c1-19(2,3)30-18(29)26-11-14-13(17(26)28)8-12(9-15(14)21(22,23)24)16(27)10-25-20(4)6-5-7-20/h8-9,16,25,27H,5-7,10-11H2,1-4H3. The normalized spacial score (nSPS) is 19.3. The summed E-state index contributed by atoms with van der Waals surface area (Å²) in [6, 6.07) is 2.10. The number of ether oxygens (including phenoxy) is 1. The Bertz CT molecular complexity index is 857. The zero-order valence-corrected chi connectivity index (χ0v) is 17.5. The van der Waals surface area contributed by atoms with Gasteiger partial charge in [-0.2, -0.15) is 13.2 Å². The average Bonchev–Trinajstić information content (AvgIpc) is 2.92. The van der Waals surface area contributed by atoms with Gasteiger partial charge in [-0.25, -0.2) is 9.69 Å². The number of carbonyl (C=O) groups excluding carboxylic acids is 2. The summed E-state index contributed by atoms with van der Waals surface area (Å²) in [6.07, 6.45) is -4.04. The molecule has 1 unspecified atom stereocenters. The van der Waals surface area contributed by atoms with E-state index in [1.165, 1.54) is 6.07 Å². The number of amides is 2. The van der Waals surface area contributed by atoms with Crippen LogP contribution in [0.25, 0.3) is 0 Å². The van der Waals surface area contributed by atoms with Crippen LogP contribution in [0.3, 0.4) is 0 Å². The highest BCUT2D eigenvalue weighted by atomic mass is 19.4. The fraction of sp³-hybridized carbons (Fsp3) is 0.619. The fourth-order valence-electron chi connectivity index (χ4n) is 3.69. The number of alkyl halides is 3. The van der Waals surface area contributed by atoms with E-state index in [1.807, 2.05) is 6.92 Å². The predicted molar refractivity (Wildman–Crippen MR) is 103 cm³/mol. The topological polar surface area (TPSA) is 78.9 Å². The second-order valence-electron chi connectivity index (χ2n) is 9.27. The summed E-state index contributed by atoms with van der Waals surface area (Å²) in [5.41, 5.74) is -2.59. The molecule has 1 heterocycles. The molecule has 166 valence electrons. The molecule has 9 heteroatoms. The summed E-state index contributed by atoms with van der Waals surface area (Å²) in [7, 11) is 0. The molecule has 0 spiro atoms. The third-order valence-corrected chi connectivity index (χ3v) is 5.55. The van der Waals surface area contributed by atoms with Gasteiger partial charge in [0.15, 0.2) is 0 Å². The minimum atomic E-state index is -4.74. The van der Waals surface area contributed by atoms with Crippen LogP contribution in [0, 0.1) is 0 Å². The quantitative estimate of drug-likeness (QED) is 0.753. The first kappa shape index (κ1) is 22.6. The van der Waals surface area contributed by atoms with Crippen molar-refractivity contribution in [2.75, 3.05) is 6.54 Å². The Balaban J connectivity index is 1.90.